The van der Waals surface area contributed by atoms with E-state index in [1.807, 2.05) is 4.57 Å². The molecule has 0 spiro atoms. The maximum atomic E-state index is 12.5. The summed E-state index contributed by atoms with van der Waals surface area (Å²) in [5, 5.41) is 0. The van der Waals surface area contributed by atoms with Crippen LogP contribution in [-0.4, -0.2) is 43.7 Å². The van der Waals surface area contributed by atoms with Gasteiger partial charge in [0.1, 0.15) is 18.5 Å². The van der Waals surface area contributed by atoms with E-state index in [1.54, 1.807) is 19.1 Å². The highest BCUT2D eigenvalue weighted by Gasteiger charge is 2.24. The summed E-state index contributed by atoms with van der Waals surface area (Å²) >= 11 is 0. The molecule has 6 nitrogen and oxygen atoms in total. The standard InChI is InChI=1S/C20H21F2NO5/c1-12-17(24)9-18(27-11-15-10-25-6-7-26-15)23-5-4-13-8-14(28-20(21)22)2-3-16(13)19(12)23/h2-3,8-9,15,20H,4-7,10-11H2,1H3/t15-/m0/s1. The maximum absolute atomic E-state index is 12.5. The zero-order valence-electron chi connectivity index (χ0n) is 15.5. The van der Waals surface area contributed by atoms with Crippen molar-refractivity contribution >= 4 is 0 Å². The molecule has 2 aliphatic rings. The SMILES string of the molecule is Cc1c2n(c(OC[C@@H]3COCCO3)cc1=O)CCc1cc(OC(F)F)ccc1-2. The molecule has 0 radical (unpaired) electrons. The molecule has 0 aliphatic carbocycles. The van der Waals surface area contributed by atoms with Gasteiger partial charge in [0, 0.05) is 23.7 Å². The number of halogens is 2. The Labute approximate surface area is 160 Å². The molecule has 4 rings (SSSR count). The number of pyridine rings is 1. The zero-order chi connectivity index (χ0) is 19.7. The van der Waals surface area contributed by atoms with Crippen molar-refractivity contribution in [2.45, 2.75) is 32.6 Å². The van der Waals surface area contributed by atoms with Crippen LogP contribution in [0.25, 0.3) is 11.3 Å². The topological polar surface area (TPSA) is 58.9 Å². The van der Waals surface area contributed by atoms with E-state index in [4.69, 9.17) is 14.2 Å². The van der Waals surface area contributed by atoms with E-state index in [-0.39, 0.29) is 23.9 Å². The van der Waals surface area contributed by atoms with Gasteiger partial charge >= 0.3 is 6.61 Å². The molecule has 1 atom stereocenters. The van der Waals surface area contributed by atoms with Gasteiger partial charge in [-0.15, -0.1) is 0 Å². The van der Waals surface area contributed by atoms with Crippen LogP contribution in [0.2, 0.25) is 0 Å². The summed E-state index contributed by atoms with van der Waals surface area (Å²) in [6, 6.07) is 6.30. The molecule has 28 heavy (non-hydrogen) atoms. The molecule has 2 aromatic rings. The largest absolute Gasteiger partial charge is 0.476 e. The van der Waals surface area contributed by atoms with Crippen LogP contribution in [0.4, 0.5) is 8.78 Å². The summed E-state index contributed by atoms with van der Waals surface area (Å²) in [5.74, 6) is 0.586. The lowest BCUT2D eigenvalue weighted by atomic mass is 9.94. The van der Waals surface area contributed by atoms with Crippen LogP contribution < -0.4 is 14.9 Å². The summed E-state index contributed by atoms with van der Waals surface area (Å²) in [4.78, 5) is 12.5. The molecule has 0 bridgehead atoms. The molecule has 8 heteroatoms. The summed E-state index contributed by atoms with van der Waals surface area (Å²) in [7, 11) is 0. The normalized spacial score (nSPS) is 18.5. The minimum Gasteiger partial charge on any atom is -0.476 e. The van der Waals surface area contributed by atoms with Crippen molar-refractivity contribution in [3.05, 3.63) is 45.6 Å². The second kappa shape index (κ2) is 7.89. The van der Waals surface area contributed by atoms with Crippen molar-refractivity contribution in [2.75, 3.05) is 26.4 Å². The Morgan fingerprint density at radius 3 is 2.89 bits per heavy atom. The predicted molar refractivity (Wildman–Crippen MR) is 97.3 cm³/mol. The molecule has 150 valence electrons. The second-order valence-electron chi connectivity index (χ2n) is 6.80. The molecular formula is C20H21F2NO5. The van der Waals surface area contributed by atoms with Crippen LogP contribution in [0, 0.1) is 6.92 Å². The highest BCUT2D eigenvalue weighted by molar-refractivity contribution is 5.70. The third-order valence-corrected chi connectivity index (χ3v) is 4.98. The smallest absolute Gasteiger partial charge is 0.387 e. The third-order valence-electron chi connectivity index (χ3n) is 4.98. The van der Waals surface area contributed by atoms with Gasteiger partial charge in [0.2, 0.25) is 0 Å². The number of alkyl halides is 2. The quantitative estimate of drug-likeness (QED) is 0.782. The molecule has 1 saturated heterocycles. The minimum atomic E-state index is -2.87. The molecule has 1 fully saturated rings. The van der Waals surface area contributed by atoms with Gasteiger partial charge in [-0.3, -0.25) is 4.79 Å². The molecule has 0 unspecified atom stereocenters. The Bertz CT molecular complexity index is 922. The number of aromatic nitrogens is 1. The van der Waals surface area contributed by atoms with Crippen LogP contribution >= 0.6 is 0 Å². The summed E-state index contributed by atoms with van der Waals surface area (Å²) in [6.45, 7) is 1.30. The number of hydrogen-bond acceptors (Lipinski definition) is 5. The fourth-order valence-corrected chi connectivity index (χ4v) is 3.64. The van der Waals surface area contributed by atoms with Crippen molar-refractivity contribution in [1.82, 2.24) is 4.57 Å². The first-order valence-electron chi connectivity index (χ1n) is 9.17. The minimum absolute atomic E-state index is 0.115. The van der Waals surface area contributed by atoms with Crippen molar-refractivity contribution in [3.63, 3.8) is 0 Å². The average Bonchev–Trinajstić information content (AvgIpc) is 2.69. The first-order chi connectivity index (χ1) is 13.5. The van der Waals surface area contributed by atoms with Gasteiger partial charge in [-0.05, 0) is 37.1 Å². The number of fused-ring (bicyclic) bond motifs is 3. The lowest BCUT2D eigenvalue weighted by molar-refractivity contribution is -0.102. The van der Waals surface area contributed by atoms with E-state index in [2.05, 4.69) is 4.74 Å². The van der Waals surface area contributed by atoms with Crippen LogP contribution in [0.1, 0.15) is 11.1 Å². The number of aryl methyl sites for hydroxylation is 1. The van der Waals surface area contributed by atoms with Gasteiger partial charge in [-0.25, -0.2) is 0 Å². The molecule has 1 aromatic carbocycles. The van der Waals surface area contributed by atoms with E-state index < -0.39 is 6.61 Å². The molecular weight excluding hydrogens is 372 g/mol. The molecule has 2 aliphatic heterocycles. The number of hydrogen-bond donors (Lipinski definition) is 0. The Balaban J connectivity index is 1.66. The molecule has 0 amide bonds. The monoisotopic (exact) mass is 393 g/mol. The maximum Gasteiger partial charge on any atom is 0.387 e. The van der Waals surface area contributed by atoms with E-state index in [0.717, 1.165) is 16.8 Å². The predicted octanol–water partition coefficient (Wildman–Crippen LogP) is 2.78. The molecule has 3 heterocycles. The van der Waals surface area contributed by atoms with Crippen molar-refractivity contribution in [2.24, 2.45) is 0 Å². The van der Waals surface area contributed by atoms with Crippen molar-refractivity contribution < 1.29 is 27.7 Å². The summed E-state index contributed by atoms with van der Waals surface area (Å²) < 4.78 is 48.3. The van der Waals surface area contributed by atoms with E-state index in [1.165, 1.54) is 12.1 Å². The average molecular weight is 393 g/mol. The van der Waals surface area contributed by atoms with Gasteiger partial charge in [0.25, 0.3) is 0 Å². The van der Waals surface area contributed by atoms with Crippen LogP contribution in [0.5, 0.6) is 11.6 Å². The third kappa shape index (κ3) is 3.74. The van der Waals surface area contributed by atoms with Gasteiger partial charge in [0.15, 0.2) is 11.3 Å². The van der Waals surface area contributed by atoms with Crippen molar-refractivity contribution in [3.8, 4) is 22.9 Å². The van der Waals surface area contributed by atoms with Crippen LogP contribution in [-0.2, 0) is 22.4 Å². The zero-order valence-corrected chi connectivity index (χ0v) is 15.5. The highest BCUT2D eigenvalue weighted by atomic mass is 19.3. The second-order valence-corrected chi connectivity index (χ2v) is 6.80. The fraction of sp³-hybridized carbons (Fsp3) is 0.450. The fourth-order valence-electron chi connectivity index (χ4n) is 3.64. The first-order valence-corrected chi connectivity index (χ1v) is 9.17. The number of nitrogens with zero attached hydrogens (tertiary/aromatic N) is 1. The first kappa shape index (κ1) is 18.9. The van der Waals surface area contributed by atoms with E-state index in [9.17, 15) is 13.6 Å². The van der Waals surface area contributed by atoms with Gasteiger partial charge in [0.05, 0.1) is 25.5 Å². The van der Waals surface area contributed by atoms with Crippen LogP contribution in [0.15, 0.2) is 29.1 Å². The van der Waals surface area contributed by atoms with E-state index in [0.29, 0.717) is 44.2 Å². The van der Waals surface area contributed by atoms with Gasteiger partial charge in [-0.1, -0.05) is 0 Å². The lowest BCUT2D eigenvalue weighted by Crippen LogP contribution is -2.34. The Kier molecular flexibility index (Phi) is 5.32. The lowest BCUT2D eigenvalue weighted by Gasteiger charge is -2.28. The van der Waals surface area contributed by atoms with Gasteiger partial charge < -0.3 is 23.5 Å². The summed E-state index contributed by atoms with van der Waals surface area (Å²) in [5.41, 5.74) is 2.89. The molecule has 0 N–H and O–H groups in total. The van der Waals surface area contributed by atoms with Crippen molar-refractivity contribution in [1.29, 1.82) is 0 Å². The summed E-state index contributed by atoms with van der Waals surface area (Å²) in [6.07, 6.45) is 0.441. The number of ether oxygens (including phenoxy) is 4. The van der Waals surface area contributed by atoms with Crippen LogP contribution in [0.3, 0.4) is 0 Å². The molecule has 1 aromatic heterocycles. The van der Waals surface area contributed by atoms with E-state index >= 15 is 0 Å². The molecule has 0 saturated carbocycles. The number of rotatable bonds is 5. The number of benzene rings is 1. The Morgan fingerprint density at radius 2 is 2.14 bits per heavy atom. The Morgan fingerprint density at radius 1 is 1.29 bits per heavy atom. The van der Waals surface area contributed by atoms with Gasteiger partial charge in [-0.2, -0.15) is 8.78 Å². The Hall–Kier alpha value is -2.45. The highest BCUT2D eigenvalue weighted by Crippen LogP contribution is 2.35.